The molecule has 3 atom stereocenters. The number of hydrogen-bond acceptors (Lipinski definition) is 5. The van der Waals surface area contributed by atoms with Crippen molar-refractivity contribution in [1.82, 2.24) is 5.32 Å². The molecular weight excluding hydrogens is 272 g/mol. The average Bonchev–Trinajstić information content (AvgIpc) is 2.68. The molecule has 19 heavy (non-hydrogen) atoms. The Labute approximate surface area is 114 Å². The number of nitrogens with one attached hydrogen (secondary N) is 1. The molecule has 7 heteroatoms. The second-order valence-corrected chi connectivity index (χ2v) is 5.21. The van der Waals surface area contributed by atoms with Crippen molar-refractivity contribution >= 4 is 23.3 Å². The zero-order valence-electron chi connectivity index (χ0n) is 10.1. The number of halogens is 1. The molecule has 0 radical (unpaired) electrons. The zero-order chi connectivity index (χ0) is 13.8. The van der Waals surface area contributed by atoms with Crippen molar-refractivity contribution in [2.45, 2.75) is 24.3 Å². The molecule has 3 rings (SSSR count). The molecule has 0 aromatic heterocycles. The topological polar surface area (TPSA) is 82.0 Å². The Morgan fingerprint density at radius 1 is 1.63 bits per heavy atom. The molecule has 3 N–H and O–H groups in total. The number of para-hydroxylation sites is 1. The first-order chi connectivity index (χ1) is 8.93. The summed E-state index contributed by atoms with van der Waals surface area (Å²) >= 11 is 6.12. The molecule has 6 nitrogen and oxygen atoms in total. The maximum Gasteiger partial charge on any atom is 0.320 e. The van der Waals surface area contributed by atoms with Crippen LogP contribution in [0.4, 0.5) is 5.69 Å². The highest BCUT2D eigenvalue weighted by molar-refractivity contribution is 6.33. The predicted octanol–water partition coefficient (Wildman–Crippen LogP) is 0.682. The van der Waals surface area contributed by atoms with E-state index in [9.17, 15) is 9.90 Å². The lowest BCUT2D eigenvalue weighted by Crippen LogP contribution is -2.51. The number of carboxylic acids is 1. The first kappa shape index (κ1) is 12.7. The van der Waals surface area contributed by atoms with E-state index >= 15 is 0 Å². The van der Waals surface area contributed by atoms with E-state index in [1.807, 2.05) is 0 Å². The number of aliphatic hydroxyl groups is 1. The Kier molecular flexibility index (Phi) is 2.72. The third kappa shape index (κ3) is 1.72. The summed E-state index contributed by atoms with van der Waals surface area (Å²) in [4.78, 5) is 16.6. The SMILES string of the molecule is CN1O[C@H]2N[C@H](C(=O)O)C[C@@]2(O)c2cccc(Cl)c21. The van der Waals surface area contributed by atoms with E-state index < -0.39 is 23.8 Å². The quantitative estimate of drug-likeness (QED) is 0.704. The van der Waals surface area contributed by atoms with Gasteiger partial charge in [-0.05, 0) is 6.07 Å². The molecule has 2 aliphatic rings. The number of carbonyl (C=O) groups is 1. The molecular formula is C12H13ClN2O4. The number of rotatable bonds is 1. The van der Waals surface area contributed by atoms with E-state index in [1.54, 1.807) is 25.2 Å². The van der Waals surface area contributed by atoms with Crippen molar-refractivity contribution in [2.24, 2.45) is 0 Å². The van der Waals surface area contributed by atoms with Gasteiger partial charge in [0.05, 0.1) is 10.7 Å². The summed E-state index contributed by atoms with van der Waals surface area (Å²) in [5, 5.41) is 24.5. The molecule has 1 saturated heterocycles. The van der Waals surface area contributed by atoms with Gasteiger partial charge in [0.15, 0.2) is 6.23 Å². The minimum absolute atomic E-state index is 0.0359. The van der Waals surface area contributed by atoms with E-state index in [-0.39, 0.29) is 6.42 Å². The van der Waals surface area contributed by atoms with Gasteiger partial charge in [0, 0.05) is 19.0 Å². The van der Waals surface area contributed by atoms with Gasteiger partial charge in [0.25, 0.3) is 0 Å². The summed E-state index contributed by atoms with van der Waals surface area (Å²) in [6.07, 6.45) is -0.765. The molecule has 2 heterocycles. The third-order valence-electron chi connectivity index (χ3n) is 3.63. The van der Waals surface area contributed by atoms with E-state index in [0.717, 1.165) is 0 Å². The van der Waals surface area contributed by atoms with Crippen LogP contribution in [0.3, 0.4) is 0 Å². The number of hydrogen-bond donors (Lipinski definition) is 3. The van der Waals surface area contributed by atoms with Crippen LogP contribution < -0.4 is 10.4 Å². The summed E-state index contributed by atoms with van der Waals surface area (Å²) < 4.78 is 0. The van der Waals surface area contributed by atoms with Crippen LogP contribution in [0.2, 0.25) is 5.02 Å². The summed E-state index contributed by atoms with van der Waals surface area (Å²) in [5.74, 6) is -1.02. The smallest absolute Gasteiger partial charge is 0.320 e. The van der Waals surface area contributed by atoms with Crippen LogP contribution in [0.15, 0.2) is 18.2 Å². The molecule has 0 unspecified atom stereocenters. The number of aliphatic carboxylic acids is 1. The lowest BCUT2D eigenvalue weighted by molar-refractivity contribution is -0.139. The fraction of sp³-hybridized carbons (Fsp3) is 0.417. The van der Waals surface area contributed by atoms with Gasteiger partial charge in [-0.2, -0.15) is 0 Å². The van der Waals surface area contributed by atoms with Crippen molar-refractivity contribution in [3.8, 4) is 0 Å². The number of benzene rings is 1. The number of carboxylic acid groups (broad SMARTS) is 1. The van der Waals surface area contributed by atoms with Crippen molar-refractivity contribution in [1.29, 1.82) is 0 Å². The normalized spacial score (nSPS) is 32.9. The summed E-state index contributed by atoms with van der Waals surface area (Å²) in [6, 6.07) is 4.30. The highest BCUT2D eigenvalue weighted by atomic mass is 35.5. The van der Waals surface area contributed by atoms with E-state index in [2.05, 4.69) is 5.32 Å². The minimum atomic E-state index is -1.39. The van der Waals surface area contributed by atoms with Gasteiger partial charge < -0.3 is 10.2 Å². The maximum atomic E-state index is 11.1. The molecule has 2 aliphatic heterocycles. The Morgan fingerprint density at radius 3 is 3.05 bits per heavy atom. The molecule has 0 aliphatic carbocycles. The van der Waals surface area contributed by atoms with Gasteiger partial charge in [-0.15, -0.1) is 0 Å². The van der Waals surface area contributed by atoms with Crippen molar-refractivity contribution in [3.63, 3.8) is 0 Å². The third-order valence-corrected chi connectivity index (χ3v) is 3.94. The Bertz CT molecular complexity index is 553. The molecule has 1 aromatic rings. The molecule has 0 bridgehead atoms. The second-order valence-electron chi connectivity index (χ2n) is 4.80. The molecule has 0 amide bonds. The first-order valence-electron chi connectivity index (χ1n) is 5.84. The molecule has 1 fully saturated rings. The monoisotopic (exact) mass is 284 g/mol. The maximum absolute atomic E-state index is 11.1. The van der Waals surface area contributed by atoms with Crippen LogP contribution in [-0.4, -0.2) is 35.5 Å². The fourth-order valence-electron chi connectivity index (χ4n) is 2.72. The van der Waals surface area contributed by atoms with Gasteiger partial charge >= 0.3 is 5.97 Å². The highest BCUT2D eigenvalue weighted by Gasteiger charge is 2.55. The fourth-order valence-corrected chi connectivity index (χ4v) is 3.01. The molecule has 1 aromatic carbocycles. The Morgan fingerprint density at radius 2 is 2.37 bits per heavy atom. The van der Waals surface area contributed by atoms with Gasteiger partial charge in [-0.25, -0.2) is 0 Å². The summed E-state index contributed by atoms with van der Waals surface area (Å²) in [6.45, 7) is 0. The van der Waals surface area contributed by atoms with Gasteiger partial charge in [0.1, 0.15) is 11.6 Å². The van der Waals surface area contributed by atoms with Crippen LogP contribution in [-0.2, 0) is 15.2 Å². The predicted molar refractivity (Wildman–Crippen MR) is 67.8 cm³/mol. The Hall–Kier alpha value is -1.34. The van der Waals surface area contributed by atoms with Gasteiger partial charge in [-0.3, -0.25) is 20.0 Å². The van der Waals surface area contributed by atoms with E-state index in [1.165, 1.54) is 5.06 Å². The largest absolute Gasteiger partial charge is 0.480 e. The molecule has 0 saturated carbocycles. The second kappa shape index (κ2) is 4.08. The van der Waals surface area contributed by atoms with Gasteiger partial charge in [0.2, 0.25) is 0 Å². The average molecular weight is 285 g/mol. The Balaban J connectivity index is 2.11. The summed E-state index contributed by atoms with van der Waals surface area (Å²) in [7, 11) is 1.67. The lowest BCUT2D eigenvalue weighted by atomic mass is 9.87. The molecule has 0 spiro atoms. The van der Waals surface area contributed by atoms with Crippen LogP contribution in [0, 0.1) is 0 Å². The summed E-state index contributed by atoms with van der Waals surface area (Å²) in [5.41, 5.74) is -0.249. The van der Waals surface area contributed by atoms with Crippen LogP contribution >= 0.6 is 11.6 Å². The molecule has 102 valence electrons. The number of nitrogens with zero attached hydrogens (tertiary/aromatic N) is 1. The van der Waals surface area contributed by atoms with Crippen molar-refractivity contribution in [3.05, 3.63) is 28.8 Å². The van der Waals surface area contributed by atoms with E-state index in [0.29, 0.717) is 16.3 Å². The van der Waals surface area contributed by atoms with Crippen molar-refractivity contribution in [2.75, 3.05) is 12.1 Å². The number of fused-ring (bicyclic) bond motifs is 3. The zero-order valence-corrected chi connectivity index (χ0v) is 10.9. The number of anilines is 1. The van der Waals surface area contributed by atoms with Crippen LogP contribution in [0.1, 0.15) is 12.0 Å². The van der Waals surface area contributed by atoms with Crippen LogP contribution in [0.25, 0.3) is 0 Å². The van der Waals surface area contributed by atoms with Crippen molar-refractivity contribution < 1.29 is 19.8 Å². The highest BCUT2D eigenvalue weighted by Crippen LogP contribution is 2.47. The number of hydroxylamine groups is 1. The van der Waals surface area contributed by atoms with Gasteiger partial charge in [-0.1, -0.05) is 23.7 Å². The van der Waals surface area contributed by atoms with E-state index in [4.69, 9.17) is 21.5 Å². The standard InChI is InChI=1S/C12H13ClN2O4/c1-15-9-6(3-2-4-7(9)13)12(18)5-8(10(16)17)14-11(12)19-15/h2-4,8,11,14,18H,5H2,1H3,(H,16,17)/t8-,11+,12+/m0/s1. The first-order valence-corrected chi connectivity index (χ1v) is 6.22. The lowest BCUT2D eigenvalue weighted by Gasteiger charge is -2.40. The minimum Gasteiger partial charge on any atom is -0.480 e. The van der Waals surface area contributed by atoms with Crippen LogP contribution in [0.5, 0.6) is 0 Å².